The number of methoxy groups -OCH3 is 1. The topological polar surface area (TPSA) is 77.2 Å². The van der Waals surface area contributed by atoms with Gasteiger partial charge >= 0.3 is 0 Å². The van der Waals surface area contributed by atoms with Crippen molar-refractivity contribution in [1.29, 1.82) is 0 Å². The molecular weight excluding hydrogens is 238 g/mol. The summed E-state index contributed by atoms with van der Waals surface area (Å²) in [5.41, 5.74) is 5.68. The Kier molecular flexibility index (Phi) is 5.99. The van der Waals surface area contributed by atoms with Gasteiger partial charge in [0.05, 0.1) is 6.61 Å². The van der Waals surface area contributed by atoms with E-state index in [-0.39, 0.29) is 5.95 Å². The number of nitrogen functional groups attached to an aromatic ring is 1. The molecule has 0 aliphatic carbocycles. The maximum atomic E-state index is 5.68. The third-order valence-electron chi connectivity index (χ3n) is 2.19. The Hall–Kier alpha value is -1.08. The molecular formula is C10H19N5OS. The Morgan fingerprint density at radius 3 is 2.53 bits per heavy atom. The van der Waals surface area contributed by atoms with E-state index in [0.717, 1.165) is 18.8 Å². The number of nitrogens with zero attached hydrogens (tertiary/aromatic N) is 4. The van der Waals surface area contributed by atoms with Gasteiger partial charge in [-0.15, -0.1) is 0 Å². The predicted octanol–water partition coefficient (Wildman–Crippen LogP) is 1.04. The summed E-state index contributed by atoms with van der Waals surface area (Å²) in [7, 11) is 1.67. The molecule has 1 aromatic heterocycles. The van der Waals surface area contributed by atoms with Crippen LogP contribution in [0, 0.1) is 0 Å². The minimum Gasteiger partial charge on any atom is -0.384 e. The van der Waals surface area contributed by atoms with Crippen molar-refractivity contribution in [3.8, 4) is 0 Å². The second-order valence-electron chi connectivity index (χ2n) is 3.29. The molecule has 6 nitrogen and oxygen atoms in total. The SMILES string of the molecule is CCN(CC)c1nc(N)nc(SCCOC)n1. The van der Waals surface area contributed by atoms with Crippen LogP contribution in [-0.4, -0.2) is 47.5 Å². The fourth-order valence-electron chi connectivity index (χ4n) is 1.29. The van der Waals surface area contributed by atoms with Gasteiger partial charge in [0.25, 0.3) is 0 Å². The zero-order valence-corrected chi connectivity index (χ0v) is 11.3. The second-order valence-corrected chi connectivity index (χ2v) is 4.35. The molecule has 0 saturated heterocycles. The summed E-state index contributed by atoms with van der Waals surface area (Å²) in [5, 5.41) is 0.649. The predicted molar refractivity (Wildman–Crippen MR) is 70.4 cm³/mol. The minimum atomic E-state index is 0.266. The summed E-state index contributed by atoms with van der Waals surface area (Å²) >= 11 is 1.52. The summed E-state index contributed by atoms with van der Waals surface area (Å²) in [6.45, 7) is 6.48. The highest BCUT2D eigenvalue weighted by molar-refractivity contribution is 7.99. The zero-order valence-electron chi connectivity index (χ0n) is 10.5. The molecule has 2 N–H and O–H groups in total. The van der Waals surface area contributed by atoms with E-state index in [1.54, 1.807) is 7.11 Å². The summed E-state index contributed by atoms with van der Waals surface area (Å²) in [4.78, 5) is 14.7. The van der Waals surface area contributed by atoms with E-state index < -0.39 is 0 Å². The van der Waals surface area contributed by atoms with Crippen LogP contribution >= 0.6 is 11.8 Å². The molecule has 0 fully saturated rings. The number of hydrogen-bond acceptors (Lipinski definition) is 7. The average Bonchev–Trinajstić information content (AvgIpc) is 2.30. The van der Waals surface area contributed by atoms with Crippen LogP contribution in [0.3, 0.4) is 0 Å². The Balaban J connectivity index is 2.78. The molecule has 0 amide bonds. The highest BCUT2D eigenvalue weighted by Crippen LogP contribution is 2.17. The summed E-state index contributed by atoms with van der Waals surface area (Å²) in [5.74, 6) is 1.71. The molecule has 0 aromatic carbocycles. The van der Waals surface area contributed by atoms with E-state index >= 15 is 0 Å². The van der Waals surface area contributed by atoms with E-state index in [1.807, 2.05) is 4.90 Å². The van der Waals surface area contributed by atoms with Gasteiger partial charge in [-0.25, -0.2) is 0 Å². The summed E-state index contributed by atoms with van der Waals surface area (Å²) < 4.78 is 4.98. The first kappa shape index (κ1) is 14.0. The normalized spacial score (nSPS) is 10.5. The first-order valence-corrected chi connectivity index (χ1v) is 6.58. The molecule has 0 unspecified atom stereocenters. The number of anilines is 2. The quantitative estimate of drug-likeness (QED) is 0.577. The highest BCUT2D eigenvalue weighted by Gasteiger charge is 2.09. The molecule has 0 bridgehead atoms. The summed E-state index contributed by atoms with van der Waals surface area (Å²) in [6.07, 6.45) is 0. The van der Waals surface area contributed by atoms with Crippen molar-refractivity contribution in [2.45, 2.75) is 19.0 Å². The van der Waals surface area contributed by atoms with Crippen LogP contribution in [-0.2, 0) is 4.74 Å². The number of nitrogens with two attached hydrogens (primary N) is 1. The van der Waals surface area contributed by atoms with Crippen LogP contribution in [0.5, 0.6) is 0 Å². The van der Waals surface area contributed by atoms with Gasteiger partial charge in [0.1, 0.15) is 0 Å². The van der Waals surface area contributed by atoms with Crippen LogP contribution in [0.4, 0.5) is 11.9 Å². The van der Waals surface area contributed by atoms with Gasteiger partial charge in [-0.1, -0.05) is 11.8 Å². The zero-order chi connectivity index (χ0) is 12.7. The Bertz CT molecular complexity index is 345. The lowest BCUT2D eigenvalue weighted by Crippen LogP contribution is -2.25. The monoisotopic (exact) mass is 257 g/mol. The first-order valence-electron chi connectivity index (χ1n) is 5.59. The van der Waals surface area contributed by atoms with Gasteiger partial charge in [-0.3, -0.25) is 0 Å². The van der Waals surface area contributed by atoms with E-state index in [9.17, 15) is 0 Å². The molecule has 0 spiro atoms. The smallest absolute Gasteiger partial charge is 0.231 e. The van der Waals surface area contributed by atoms with Crippen molar-refractivity contribution < 1.29 is 4.74 Å². The lowest BCUT2D eigenvalue weighted by molar-refractivity contribution is 0.218. The molecule has 0 radical (unpaired) electrons. The number of aromatic nitrogens is 3. The minimum absolute atomic E-state index is 0.266. The van der Waals surface area contributed by atoms with Crippen molar-refractivity contribution in [1.82, 2.24) is 15.0 Å². The van der Waals surface area contributed by atoms with Crippen molar-refractivity contribution in [2.24, 2.45) is 0 Å². The molecule has 0 aliphatic heterocycles. The molecule has 17 heavy (non-hydrogen) atoms. The standard InChI is InChI=1S/C10H19N5OS/c1-4-15(5-2)9-12-8(11)13-10(14-9)17-7-6-16-3/h4-7H2,1-3H3,(H2,11,12,13,14). The average molecular weight is 257 g/mol. The fraction of sp³-hybridized carbons (Fsp3) is 0.700. The van der Waals surface area contributed by atoms with Gasteiger partial charge in [0.2, 0.25) is 11.9 Å². The molecule has 0 saturated carbocycles. The van der Waals surface area contributed by atoms with E-state index in [2.05, 4.69) is 28.8 Å². The Labute approximate surface area is 106 Å². The van der Waals surface area contributed by atoms with Crippen molar-refractivity contribution >= 4 is 23.7 Å². The maximum Gasteiger partial charge on any atom is 0.231 e. The molecule has 1 heterocycles. The van der Waals surface area contributed by atoms with E-state index in [0.29, 0.717) is 17.7 Å². The van der Waals surface area contributed by atoms with Gasteiger partial charge < -0.3 is 15.4 Å². The van der Waals surface area contributed by atoms with Gasteiger partial charge in [-0.05, 0) is 13.8 Å². The van der Waals surface area contributed by atoms with E-state index in [4.69, 9.17) is 10.5 Å². The lowest BCUT2D eigenvalue weighted by atomic mass is 10.5. The van der Waals surface area contributed by atoms with Gasteiger partial charge in [0.15, 0.2) is 5.16 Å². The third-order valence-corrected chi connectivity index (χ3v) is 3.00. The fourth-order valence-corrected chi connectivity index (χ4v) is 2.03. The van der Waals surface area contributed by atoms with Crippen LogP contribution in [0.25, 0.3) is 0 Å². The third kappa shape index (κ3) is 4.35. The van der Waals surface area contributed by atoms with Crippen LogP contribution in [0.2, 0.25) is 0 Å². The largest absolute Gasteiger partial charge is 0.384 e. The number of rotatable bonds is 7. The van der Waals surface area contributed by atoms with Crippen LogP contribution in [0.15, 0.2) is 5.16 Å². The van der Waals surface area contributed by atoms with Crippen molar-refractivity contribution in [2.75, 3.05) is 43.2 Å². The van der Waals surface area contributed by atoms with Crippen molar-refractivity contribution in [3.63, 3.8) is 0 Å². The molecule has 96 valence electrons. The Morgan fingerprint density at radius 2 is 1.94 bits per heavy atom. The van der Waals surface area contributed by atoms with Gasteiger partial charge in [0, 0.05) is 26.0 Å². The highest BCUT2D eigenvalue weighted by atomic mass is 32.2. The molecule has 1 rings (SSSR count). The Morgan fingerprint density at radius 1 is 1.24 bits per heavy atom. The molecule has 7 heteroatoms. The molecule has 1 aromatic rings. The number of ether oxygens (including phenoxy) is 1. The molecule has 0 atom stereocenters. The molecule has 0 aliphatic rings. The first-order chi connectivity index (χ1) is 8.21. The van der Waals surface area contributed by atoms with Crippen molar-refractivity contribution in [3.05, 3.63) is 0 Å². The number of hydrogen-bond donors (Lipinski definition) is 1. The number of thioether (sulfide) groups is 1. The van der Waals surface area contributed by atoms with Gasteiger partial charge in [-0.2, -0.15) is 15.0 Å². The lowest BCUT2D eigenvalue weighted by Gasteiger charge is -2.18. The van der Waals surface area contributed by atoms with Crippen LogP contribution in [0.1, 0.15) is 13.8 Å². The van der Waals surface area contributed by atoms with Crippen LogP contribution < -0.4 is 10.6 Å². The maximum absolute atomic E-state index is 5.68. The van der Waals surface area contributed by atoms with E-state index in [1.165, 1.54) is 11.8 Å². The second kappa shape index (κ2) is 7.29. The summed E-state index contributed by atoms with van der Waals surface area (Å²) in [6, 6.07) is 0.